The maximum absolute atomic E-state index is 11.7. The average molecular weight is 267 g/mol. The van der Waals surface area contributed by atoms with Crippen molar-refractivity contribution in [3.05, 3.63) is 54.1 Å². The van der Waals surface area contributed by atoms with Gasteiger partial charge in [-0.2, -0.15) is 5.26 Å². The van der Waals surface area contributed by atoms with Gasteiger partial charge in [-0.1, -0.05) is 0 Å². The van der Waals surface area contributed by atoms with Crippen LogP contribution in [-0.4, -0.2) is 12.5 Å². The van der Waals surface area contributed by atoms with Crippen LogP contribution in [0.15, 0.2) is 48.5 Å². The largest absolute Gasteiger partial charge is 0.484 e. The predicted octanol–water partition coefficient (Wildman–Crippen LogP) is 2.16. The van der Waals surface area contributed by atoms with Crippen LogP contribution in [0.3, 0.4) is 0 Å². The molecular weight excluding hydrogens is 254 g/mol. The number of nitriles is 1. The van der Waals surface area contributed by atoms with Crippen LogP contribution in [0, 0.1) is 11.3 Å². The molecule has 2 rings (SSSR count). The molecule has 0 bridgehead atoms. The second-order valence-corrected chi connectivity index (χ2v) is 4.10. The molecule has 3 N–H and O–H groups in total. The van der Waals surface area contributed by atoms with Gasteiger partial charge >= 0.3 is 0 Å². The lowest BCUT2D eigenvalue weighted by Crippen LogP contribution is -2.20. The number of anilines is 2. The van der Waals surface area contributed by atoms with Gasteiger partial charge < -0.3 is 15.8 Å². The SMILES string of the molecule is N#Cc1ccc(NC(=O)COc2ccc(N)cc2)cc1. The van der Waals surface area contributed by atoms with Gasteiger partial charge in [-0.25, -0.2) is 0 Å². The lowest BCUT2D eigenvalue weighted by molar-refractivity contribution is -0.118. The summed E-state index contributed by atoms with van der Waals surface area (Å²) in [5.74, 6) is 0.306. The number of benzene rings is 2. The Hall–Kier alpha value is -3.00. The summed E-state index contributed by atoms with van der Waals surface area (Å²) in [4.78, 5) is 11.7. The van der Waals surface area contributed by atoms with E-state index in [9.17, 15) is 4.79 Å². The molecule has 1 amide bonds. The van der Waals surface area contributed by atoms with Crippen LogP contribution in [-0.2, 0) is 4.79 Å². The monoisotopic (exact) mass is 267 g/mol. The molecule has 0 aliphatic carbocycles. The van der Waals surface area contributed by atoms with Crippen molar-refractivity contribution < 1.29 is 9.53 Å². The molecule has 20 heavy (non-hydrogen) atoms. The maximum atomic E-state index is 11.7. The molecule has 0 aliphatic rings. The van der Waals surface area contributed by atoms with Crippen LogP contribution < -0.4 is 15.8 Å². The maximum Gasteiger partial charge on any atom is 0.262 e. The Kier molecular flexibility index (Phi) is 4.20. The van der Waals surface area contributed by atoms with Crippen molar-refractivity contribution in [2.75, 3.05) is 17.7 Å². The number of hydrogen-bond donors (Lipinski definition) is 2. The summed E-state index contributed by atoms with van der Waals surface area (Å²) < 4.78 is 5.32. The van der Waals surface area contributed by atoms with Crippen molar-refractivity contribution in [3.8, 4) is 11.8 Å². The molecule has 5 heteroatoms. The van der Waals surface area contributed by atoms with Gasteiger partial charge in [0.05, 0.1) is 11.6 Å². The second-order valence-electron chi connectivity index (χ2n) is 4.10. The summed E-state index contributed by atoms with van der Waals surface area (Å²) in [5, 5.41) is 11.4. The average Bonchev–Trinajstić information content (AvgIpc) is 2.47. The van der Waals surface area contributed by atoms with Crippen LogP contribution in [0.4, 0.5) is 11.4 Å². The number of hydrogen-bond acceptors (Lipinski definition) is 4. The van der Waals surface area contributed by atoms with E-state index >= 15 is 0 Å². The van der Waals surface area contributed by atoms with Gasteiger partial charge in [0.25, 0.3) is 5.91 Å². The molecule has 0 unspecified atom stereocenters. The first-order valence-corrected chi connectivity index (χ1v) is 5.96. The van der Waals surface area contributed by atoms with E-state index in [0.29, 0.717) is 22.7 Å². The summed E-state index contributed by atoms with van der Waals surface area (Å²) >= 11 is 0. The van der Waals surface area contributed by atoms with Crippen molar-refractivity contribution in [1.29, 1.82) is 5.26 Å². The summed E-state index contributed by atoms with van der Waals surface area (Å²) in [6.07, 6.45) is 0. The van der Waals surface area contributed by atoms with Crippen molar-refractivity contribution in [2.45, 2.75) is 0 Å². The van der Waals surface area contributed by atoms with Crippen LogP contribution in [0.1, 0.15) is 5.56 Å². The van der Waals surface area contributed by atoms with Crippen LogP contribution in [0.5, 0.6) is 5.75 Å². The lowest BCUT2D eigenvalue weighted by atomic mass is 10.2. The highest BCUT2D eigenvalue weighted by atomic mass is 16.5. The summed E-state index contributed by atoms with van der Waals surface area (Å²) in [7, 11) is 0. The molecule has 0 aromatic heterocycles. The number of amides is 1. The Balaban J connectivity index is 1.86. The molecule has 0 fully saturated rings. The van der Waals surface area contributed by atoms with E-state index in [0.717, 1.165) is 0 Å². The fourth-order valence-electron chi connectivity index (χ4n) is 1.54. The molecule has 0 saturated carbocycles. The predicted molar refractivity (Wildman–Crippen MR) is 76.1 cm³/mol. The molecule has 0 radical (unpaired) electrons. The summed E-state index contributed by atoms with van der Waals surface area (Å²) in [5.41, 5.74) is 7.35. The molecule has 0 saturated heterocycles. The highest BCUT2D eigenvalue weighted by Gasteiger charge is 2.03. The first kappa shape index (κ1) is 13.4. The Labute approximate surface area is 116 Å². The minimum atomic E-state index is -0.272. The quantitative estimate of drug-likeness (QED) is 0.831. The highest BCUT2D eigenvalue weighted by Crippen LogP contribution is 2.13. The van der Waals surface area contributed by atoms with Crippen molar-refractivity contribution in [2.24, 2.45) is 0 Å². The summed E-state index contributed by atoms with van der Waals surface area (Å²) in [6.45, 7) is -0.0933. The van der Waals surface area contributed by atoms with Crippen LogP contribution in [0.2, 0.25) is 0 Å². The molecule has 2 aromatic rings. The minimum Gasteiger partial charge on any atom is -0.484 e. The third kappa shape index (κ3) is 3.75. The van der Waals surface area contributed by atoms with Crippen molar-refractivity contribution >= 4 is 17.3 Å². The van der Waals surface area contributed by atoms with E-state index in [1.807, 2.05) is 6.07 Å². The van der Waals surface area contributed by atoms with Gasteiger partial charge in [0.1, 0.15) is 5.75 Å². The highest BCUT2D eigenvalue weighted by molar-refractivity contribution is 5.91. The number of nitrogens with zero attached hydrogens (tertiary/aromatic N) is 1. The van der Waals surface area contributed by atoms with Gasteiger partial charge in [0, 0.05) is 11.4 Å². The van der Waals surface area contributed by atoms with Gasteiger partial charge in [-0.15, -0.1) is 0 Å². The second kappa shape index (κ2) is 6.25. The van der Waals surface area contributed by atoms with Gasteiger partial charge in [-0.3, -0.25) is 4.79 Å². The number of nitrogen functional groups attached to an aromatic ring is 1. The van der Waals surface area contributed by atoms with Crippen molar-refractivity contribution in [1.82, 2.24) is 0 Å². The number of nitrogens with two attached hydrogens (primary N) is 1. The van der Waals surface area contributed by atoms with E-state index < -0.39 is 0 Å². The molecule has 5 nitrogen and oxygen atoms in total. The number of nitrogens with one attached hydrogen (secondary N) is 1. The Morgan fingerprint density at radius 1 is 1.15 bits per heavy atom. The van der Waals surface area contributed by atoms with E-state index in [2.05, 4.69) is 5.32 Å². The molecule has 100 valence electrons. The number of carbonyl (C=O) groups excluding carboxylic acids is 1. The number of rotatable bonds is 4. The third-order valence-corrected chi connectivity index (χ3v) is 2.55. The first-order chi connectivity index (χ1) is 9.67. The fourth-order valence-corrected chi connectivity index (χ4v) is 1.54. The minimum absolute atomic E-state index is 0.0933. The zero-order valence-electron chi connectivity index (χ0n) is 10.7. The Morgan fingerprint density at radius 2 is 1.80 bits per heavy atom. The number of ether oxygens (including phenoxy) is 1. The topological polar surface area (TPSA) is 88.1 Å². The number of carbonyl (C=O) groups is 1. The van der Waals surface area contributed by atoms with E-state index in [1.54, 1.807) is 48.5 Å². The van der Waals surface area contributed by atoms with E-state index in [-0.39, 0.29) is 12.5 Å². The smallest absolute Gasteiger partial charge is 0.262 e. The zero-order chi connectivity index (χ0) is 14.4. The van der Waals surface area contributed by atoms with Crippen LogP contribution >= 0.6 is 0 Å². The van der Waals surface area contributed by atoms with Gasteiger partial charge in [-0.05, 0) is 48.5 Å². The normalized spacial score (nSPS) is 9.55. The molecule has 2 aromatic carbocycles. The van der Waals surface area contributed by atoms with E-state index in [1.165, 1.54) is 0 Å². The zero-order valence-corrected chi connectivity index (χ0v) is 10.7. The Bertz CT molecular complexity index is 628. The fraction of sp³-hybridized carbons (Fsp3) is 0.0667. The van der Waals surface area contributed by atoms with Crippen molar-refractivity contribution in [3.63, 3.8) is 0 Å². The van der Waals surface area contributed by atoms with Crippen LogP contribution in [0.25, 0.3) is 0 Å². The molecule has 0 spiro atoms. The van der Waals surface area contributed by atoms with Gasteiger partial charge in [0.15, 0.2) is 6.61 Å². The lowest BCUT2D eigenvalue weighted by Gasteiger charge is -2.07. The third-order valence-electron chi connectivity index (χ3n) is 2.55. The van der Waals surface area contributed by atoms with E-state index in [4.69, 9.17) is 15.7 Å². The Morgan fingerprint density at radius 3 is 2.40 bits per heavy atom. The summed E-state index contributed by atoms with van der Waals surface area (Å²) in [6, 6.07) is 15.4. The molecule has 0 atom stereocenters. The molecule has 0 heterocycles. The molecular formula is C15H13N3O2. The molecule has 0 aliphatic heterocycles. The first-order valence-electron chi connectivity index (χ1n) is 5.96. The standard InChI is InChI=1S/C15H13N3O2/c16-9-11-1-5-13(6-2-11)18-15(19)10-20-14-7-3-12(17)4-8-14/h1-8H,10,17H2,(H,18,19). The van der Waals surface area contributed by atoms with Gasteiger partial charge in [0.2, 0.25) is 0 Å².